The van der Waals surface area contributed by atoms with E-state index in [0.717, 1.165) is 19.6 Å². The van der Waals surface area contributed by atoms with Gasteiger partial charge in [0, 0.05) is 99.9 Å². The highest BCUT2D eigenvalue weighted by Gasteiger charge is 2.45. The summed E-state index contributed by atoms with van der Waals surface area (Å²) in [5.74, 6) is 0.719. The van der Waals surface area contributed by atoms with Crippen molar-refractivity contribution in [1.29, 1.82) is 5.26 Å². The molecule has 2 N–H and O–H groups in total. The quantitative estimate of drug-likeness (QED) is 0.0537. The molecule has 0 bridgehead atoms. The summed E-state index contributed by atoms with van der Waals surface area (Å²) < 4.78 is 36.5. The molecule has 25 nitrogen and oxygen atoms in total. The van der Waals surface area contributed by atoms with E-state index < -0.39 is 23.5 Å². The number of amides is 2. The highest BCUT2D eigenvalue weighted by Crippen LogP contribution is 2.40. The number of hydrogen-bond acceptors (Lipinski definition) is 21. The van der Waals surface area contributed by atoms with Crippen molar-refractivity contribution in [3.05, 3.63) is 120 Å². The molecule has 2 saturated heterocycles. The van der Waals surface area contributed by atoms with E-state index in [1.54, 1.807) is 67.3 Å². The average Bonchev–Trinajstić information content (AvgIpc) is 1.83. The number of pyridine rings is 3. The summed E-state index contributed by atoms with van der Waals surface area (Å²) in [5, 5.41) is 30.2. The number of rotatable bonds is 29. The van der Waals surface area contributed by atoms with Crippen molar-refractivity contribution in [2.75, 3.05) is 95.3 Å². The summed E-state index contributed by atoms with van der Waals surface area (Å²) in [5.41, 5.74) is 2.72. The third kappa shape index (κ3) is 16.5. The molecule has 86 heavy (non-hydrogen) atoms. The molecule has 25 heteroatoms. The van der Waals surface area contributed by atoms with Gasteiger partial charge in [-0.1, -0.05) is 38.1 Å². The summed E-state index contributed by atoms with van der Waals surface area (Å²) in [6.45, 7) is 19.3. The standard InChI is InChI=1S/C61H74N14O11/c1-41-34-72(59-65-32-44(33-66-59)50-14-13-49-55(77)61(5,6)75(56(49)67-50)35-43-9-8-18-63-52(43)30-62)19-20-74(41)54(76)39-73-36-45(69-70-73)40-83-24-23-82-26-28-85-48-37-71(38-48)21-22-81-25-27-84-46-10-7-11-47(29-46)86-53-15-12-42(31-64-53)57(78)68-51(58(79)80)16-17-60(2,3)4/h7-15,18,29,31-33,36,41,48,51H,16-17,19-28,34-35,37-40H2,1-6H3,(H,68,78)(H,79,80)/t41-,51?/m1/s1. The Morgan fingerprint density at radius 3 is 2.40 bits per heavy atom. The third-order valence-corrected chi connectivity index (χ3v) is 15.0. The zero-order chi connectivity index (χ0) is 60.8. The van der Waals surface area contributed by atoms with E-state index in [1.165, 1.54) is 16.9 Å². The fraction of sp³-hybridized carbons (Fsp3) is 0.475. The van der Waals surface area contributed by atoms with E-state index >= 15 is 0 Å². The van der Waals surface area contributed by atoms with E-state index in [9.17, 15) is 29.5 Å². The number of nitrogens with one attached hydrogen (secondary N) is 1. The zero-order valence-corrected chi connectivity index (χ0v) is 49.5. The Balaban J connectivity index is 0.586. The molecule has 1 aromatic carbocycles. The Kier molecular flexibility index (Phi) is 20.6. The number of carboxylic acid groups (broad SMARTS) is 1. The van der Waals surface area contributed by atoms with Crippen LogP contribution in [-0.4, -0.2) is 188 Å². The molecule has 1 unspecified atom stereocenters. The summed E-state index contributed by atoms with van der Waals surface area (Å²) in [6, 6.07) is 18.4. The van der Waals surface area contributed by atoms with Gasteiger partial charge in [0.05, 0.1) is 80.9 Å². The van der Waals surface area contributed by atoms with Crippen LogP contribution in [0.4, 0.5) is 11.8 Å². The maximum atomic E-state index is 13.5. The SMILES string of the molecule is C[C@@H]1CN(c2ncc(-c3ccc4c(n3)N(Cc3cccnc3C#N)C(C)(C)C4=O)cn2)CCN1C(=O)Cn1cc(COCCOCCOC2CN(CCOCCOc3cccc(Oc4ccc(C(=O)NC(CCC(C)(C)C)C(=O)O)cn4)c3)C2)nn1. The molecule has 3 aliphatic rings. The van der Waals surface area contributed by atoms with Crippen LogP contribution in [0.5, 0.6) is 17.4 Å². The monoisotopic (exact) mass is 1180 g/mol. The Hall–Kier alpha value is -8.54. The minimum absolute atomic E-state index is 0.0443. The summed E-state index contributed by atoms with van der Waals surface area (Å²) in [7, 11) is 0. The van der Waals surface area contributed by atoms with Gasteiger partial charge in [0.1, 0.15) is 54.0 Å². The second-order valence-corrected chi connectivity index (χ2v) is 23.0. The van der Waals surface area contributed by atoms with Gasteiger partial charge < -0.3 is 53.5 Å². The van der Waals surface area contributed by atoms with Gasteiger partial charge in [-0.2, -0.15) is 5.26 Å². The third-order valence-electron chi connectivity index (χ3n) is 15.0. The fourth-order valence-electron chi connectivity index (χ4n) is 10.1. The second kappa shape index (κ2) is 28.6. The van der Waals surface area contributed by atoms with Crippen LogP contribution in [0.15, 0.2) is 91.6 Å². The van der Waals surface area contributed by atoms with Crippen molar-refractivity contribution in [1.82, 2.24) is 55.0 Å². The lowest BCUT2D eigenvalue weighted by Crippen LogP contribution is -2.55. The van der Waals surface area contributed by atoms with Gasteiger partial charge in [-0.3, -0.25) is 19.3 Å². The number of carboxylic acids is 1. The Labute approximate surface area is 499 Å². The number of aliphatic carboxylic acids is 1. The van der Waals surface area contributed by atoms with Crippen LogP contribution in [0.3, 0.4) is 0 Å². The number of fused-ring (bicyclic) bond motifs is 1. The van der Waals surface area contributed by atoms with Crippen LogP contribution < -0.4 is 24.6 Å². The van der Waals surface area contributed by atoms with E-state index in [0.29, 0.717) is 142 Å². The van der Waals surface area contributed by atoms with Crippen LogP contribution in [-0.2, 0) is 48.2 Å². The molecule has 3 aliphatic heterocycles. The van der Waals surface area contributed by atoms with E-state index in [2.05, 4.69) is 51.4 Å². The minimum Gasteiger partial charge on any atom is -0.491 e. The first-order chi connectivity index (χ1) is 41.4. The van der Waals surface area contributed by atoms with Gasteiger partial charge in [-0.05, 0) is 75.4 Å². The lowest BCUT2D eigenvalue weighted by Gasteiger charge is -2.39. The number of anilines is 2. The lowest BCUT2D eigenvalue weighted by molar-refractivity contribution is -0.139. The van der Waals surface area contributed by atoms with Gasteiger partial charge >= 0.3 is 5.97 Å². The van der Waals surface area contributed by atoms with Crippen molar-refractivity contribution in [3.8, 4) is 34.7 Å². The van der Waals surface area contributed by atoms with Gasteiger partial charge in [0.15, 0.2) is 5.78 Å². The largest absolute Gasteiger partial charge is 0.491 e. The first kappa shape index (κ1) is 62.0. The zero-order valence-electron chi connectivity index (χ0n) is 49.5. The second-order valence-electron chi connectivity index (χ2n) is 23.0. The van der Waals surface area contributed by atoms with Crippen LogP contribution >= 0.6 is 0 Å². The molecule has 6 aromatic rings. The number of carbonyl (C=O) groups excluding carboxylic acids is 3. The van der Waals surface area contributed by atoms with Crippen molar-refractivity contribution < 1.29 is 52.7 Å². The molecule has 8 heterocycles. The van der Waals surface area contributed by atoms with Crippen molar-refractivity contribution in [2.45, 2.75) is 97.8 Å². The van der Waals surface area contributed by atoms with Crippen LogP contribution in [0, 0.1) is 16.7 Å². The number of ether oxygens (including phenoxy) is 6. The number of piperazine rings is 1. The Morgan fingerprint density at radius 2 is 1.64 bits per heavy atom. The predicted octanol–water partition coefficient (Wildman–Crippen LogP) is 5.64. The lowest BCUT2D eigenvalue weighted by atomic mass is 9.88. The minimum atomic E-state index is -1.08. The maximum Gasteiger partial charge on any atom is 0.326 e. The van der Waals surface area contributed by atoms with E-state index in [-0.39, 0.29) is 53.8 Å². The summed E-state index contributed by atoms with van der Waals surface area (Å²) >= 11 is 0. The van der Waals surface area contributed by atoms with Crippen molar-refractivity contribution in [3.63, 3.8) is 0 Å². The first-order valence-corrected chi connectivity index (χ1v) is 28.8. The molecule has 0 saturated carbocycles. The van der Waals surface area contributed by atoms with Gasteiger partial charge in [0.2, 0.25) is 17.7 Å². The van der Waals surface area contributed by atoms with Crippen LogP contribution in [0.1, 0.15) is 92.1 Å². The smallest absolute Gasteiger partial charge is 0.326 e. The van der Waals surface area contributed by atoms with E-state index in [1.807, 2.05) is 63.5 Å². The normalized spacial score (nSPS) is 16.3. The Morgan fingerprint density at radius 1 is 0.872 bits per heavy atom. The number of aromatic nitrogens is 8. The molecule has 2 fully saturated rings. The molecular weight excluding hydrogens is 1100 g/mol. The van der Waals surface area contributed by atoms with Gasteiger partial charge in [-0.25, -0.2) is 34.4 Å². The molecule has 0 aliphatic carbocycles. The first-order valence-electron chi connectivity index (χ1n) is 28.8. The molecule has 2 amide bonds. The van der Waals surface area contributed by atoms with Crippen LogP contribution in [0.2, 0.25) is 0 Å². The molecule has 9 rings (SSSR count). The molecule has 0 spiro atoms. The Bertz CT molecular complexity index is 3330. The summed E-state index contributed by atoms with van der Waals surface area (Å²) in [6.07, 6.45) is 9.18. The molecular formula is C61H74N14O11. The highest BCUT2D eigenvalue weighted by molar-refractivity contribution is 6.13. The van der Waals surface area contributed by atoms with Gasteiger partial charge in [0.25, 0.3) is 5.91 Å². The highest BCUT2D eigenvalue weighted by atomic mass is 16.5. The fourth-order valence-corrected chi connectivity index (χ4v) is 10.1. The van der Waals surface area contributed by atoms with E-state index in [4.69, 9.17) is 33.4 Å². The average molecular weight is 1180 g/mol. The number of nitrogens with zero attached hydrogens (tertiary/aromatic N) is 13. The summed E-state index contributed by atoms with van der Waals surface area (Å²) in [4.78, 5) is 82.2. The number of Topliss-reactive ketones (excluding diaryl/α,β-unsaturated/α-hetero) is 1. The van der Waals surface area contributed by atoms with Crippen molar-refractivity contribution in [2.24, 2.45) is 5.41 Å². The molecule has 0 radical (unpaired) electrons. The molecule has 454 valence electrons. The van der Waals surface area contributed by atoms with Crippen LogP contribution in [0.25, 0.3) is 11.3 Å². The molecule has 2 atom stereocenters. The number of hydrogen-bond donors (Lipinski definition) is 2. The number of nitriles is 1. The maximum absolute atomic E-state index is 13.5. The molecule has 5 aromatic heterocycles. The van der Waals surface area contributed by atoms with Gasteiger partial charge in [-0.15, -0.1) is 5.10 Å². The topological polar surface area (TPSA) is 288 Å². The number of likely N-dealkylation sites (tertiary alicyclic amines) is 1. The van der Waals surface area contributed by atoms with Crippen molar-refractivity contribution >= 4 is 35.3 Å². The number of carbonyl (C=O) groups is 4. The predicted molar refractivity (Wildman–Crippen MR) is 314 cm³/mol. The number of ketones is 1. The number of benzene rings is 1.